The molecule has 0 aromatic rings. The summed E-state index contributed by atoms with van der Waals surface area (Å²) >= 11 is 0. The number of rotatable bonds is 2. The molecule has 1 unspecified atom stereocenters. The summed E-state index contributed by atoms with van der Waals surface area (Å²) in [5.41, 5.74) is 0. The van der Waals surface area contributed by atoms with Crippen LogP contribution in [0.15, 0.2) is 0 Å². The van der Waals surface area contributed by atoms with E-state index in [0.29, 0.717) is 0 Å². The first-order valence-electron chi connectivity index (χ1n) is 8.86. The molecule has 3 saturated heterocycles. The predicted molar refractivity (Wildman–Crippen MR) is 78.5 cm³/mol. The topological polar surface area (TPSA) is 54.0 Å². The summed E-state index contributed by atoms with van der Waals surface area (Å²) in [4.78, 5) is 11.5. The largest absolute Gasteiger partial charge is 0.369 e. The van der Waals surface area contributed by atoms with E-state index in [1.807, 2.05) is 0 Å². The Morgan fingerprint density at radius 3 is 2.50 bits per heavy atom. The van der Waals surface area contributed by atoms with E-state index in [1.165, 1.54) is 6.42 Å². The van der Waals surface area contributed by atoms with Gasteiger partial charge in [-0.05, 0) is 32.1 Å². The van der Waals surface area contributed by atoms with E-state index in [4.69, 9.17) is 18.9 Å². The normalized spacial score (nSPS) is 47.0. The maximum Gasteiger partial charge on any atom is 0.169 e. The van der Waals surface area contributed by atoms with Gasteiger partial charge in [-0.3, -0.25) is 0 Å². The fourth-order valence-electron chi connectivity index (χ4n) is 4.51. The molecule has 0 aromatic heterocycles. The third-order valence-electron chi connectivity index (χ3n) is 5.70. The third-order valence-corrected chi connectivity index (χ3v) is 5.70. The van der Waals surface area contributed by atoms with Crippen molar-refractivity contribution < 1.29 is 23.7 Å². The molecule has 0 aromatic carbocycles. The Morgan fingerprint density at radius 1 is 1.00 bits per heavy atom. The van der Waals surface area contributed by atoms with Gasteiger partial charge in [-0.2, -0.15) is 0 Å². The van der Waals surface area contributed by atoms with Crippen LogP contribution in [0.3, 0.4) is 0 Å². The second kappa shape index (κ2) is 5.86. The van der Waals surface area contributed by atoms with E-state index < -0.39 is 11.9 Å². The lowest BCUT2D eigenvalue weighted by molar-refractivity contribution is -0.234. The second-order valence-corrected chi connectivity index (χ2v) is 7.12. The van der Waals surface area contributed by atoms with Gasteiger partial charge >= 0.3 is 0 Å². The highest BCUT2D eigenvalue weighted by molar-refractivity contribution is 5.58. The Balaban J connectivity index is 1.57. The number of fused-ring (bicyclic) bond motifs is 3. The van der Waals surface area contributed by atoms with Crippen LogP contribution >= 0.6 is 0 Å². The first-order valence-corrected chi connectivity index (χ1v) is 8.86. The summed E-state index contributed by atoms with van der Waals surface area (Å²) in [5, 5.41) is 0. The molecule has 0 bridgehead atoms. The highest BCUT2D eigenvalue weighted by atomic mass is 16.8. The average molecular weight is 310 g/mol. The lowest BCUT2D eigenvalue weighted by Gasteiger charge is -2.45. The van der Waals surface area contributed by atoms with Gasteiger partial charge in [0, 0.05) is 12.8 Å². The molecule has 1 spiro atoms. The van der Waals surface area contributed by atoms with Crippen molar-refractivity contribution in [3.8, 4) is 0 Å². The van der Waals surface area contributed by atoms with Crippen molar-refractivity contribution >= 4 is 6.29 Å². The molecule has 6 atom stereocenters. The zero-order valence-electron chi connectivity index (χ0n) is 13.2. The Kier molecular flexibility index (Phi) is 4.01. The van der Waals surface area contributed by atoms with E-state index in [-0.39, 0.29) is 30.5 Å². The van der Waals surface area contributed by atoms with Gasteiger partial charge in [-0.15, -0.1) is 0 Å². The summed E-state index contributed by atoms with van der Waals surface area (Å²) in [6.45, 7) is 2.15. The molecule has 22 heavy (non-hydrogen) atoms. The van der Waals surface area contributed by atoms with Gasteiger partial charge in [-0.25, -0.2) is 0 Å². The van der Waals surface area contributed by atoms with Gasteiger partial charge in [0.05, 0.1) is 12.2 Å². The molecule has 3 heterocycles. The van der Waals surface area contributed by atoms with Crippen LogP contribution in [0.4, 0.5) is 0 Å². The zero-order chi connectivity index (χ0) is 15.2. The van der Waals surface area contributed by atoms with E-state index in [9.17, 15) is 4.79 Å². The number of aldehydes is 1. The van der Waals surface area contributed by atoms with Gasteiger partial charge in [0.15, 0.2) is 12.1 Å². The Hall–Kier alpha value is -0.490. The quantitative estimate of drug-likeness (QED) is 0.733. The SMILES string of the molecule is CC[C@H]1CC[C@@H]2O[C@@H](C=O)C3OC4(CCCCC4)O[C@H]3[C@H]2O1. The van der Waals surface area contributed by atoms with Crippen LogP contribution in [0.2, 0.25) is 0 Å². The summed E-state index contributed by atoms with van der Waals surface area (Å²) < 4.78 is 24.9. The summed E-state index contributed by atoms with van der Waals surface area (Å²) in [5.74, 6) is -0.504. The molecule has 124 valence electrons. The highest BCUT2D eigenvalue weighted by Gasteiger charge is 2.59. The van der Waals surface area contributed by atoms with Crippen molar-refractivity contribution in [1.29, 1.82) is 0 Å². The van der Waals surface area contributed by atoms with Crippen LogP contribution in [-0.2, 0) is 23.7 Å². The highest BCUT2D eigenvalue weighted by Crippen LogP contribution is 2.46. The monoisotopic (exact) mass is 310 g/mol. The van der Waals surface area contributed by atoms with Crippen molar-refractivity contribution in [2.45, 2.75) is 101 Å². The van der Waals surface area contributed by atoms with Crippen molar-refractivity contribution in [2.24, 2.45) is 0 Å². The van der Waals surface area contributed by atoms with Crippen LogP contribution in [0.25, 0.3) is 0 Å². The first kappa shape index (κ1) is 15.1. The molecule has 1 aliphatic carbocycles. The predicted octanol–water partition coefficient (Wildman–Crippen LogP) is 2.35. The Morgan fingerprint density at radius 2 is 1.77 bits per heavy atom. The molecule has 4 aliphatic rings. The van der Waals surface area contributed by atoms with E-state index >= 15 is 0 Å². The molecule has 0 amide bonds. The minimum absolute atomic E-state index is 0.0402. The summed E-state index contributed by atoms with van der Waals surface area (Å²) in [6.07, 6.45) is 8.26. The number of ether oxygens (including phenoxy) is 4. The Bertz CT molecular complexity index is 419. The summed E-state index contributed by atoms with van der Waals surface area (Å²) in [6, 6.07) is 0. The average Bonchev–Trinajstić information content (AvgIpc) is 2.93. The molecule has 4 fully saturated rings. The van der Waals surface area contributed by atoms with E-state index in [2.05, 4.69) is 6.92 Å². The minimum atomic E-state index is -0.519. The van der Waals surface area contributed by atoms with E-state index in [1.54, 1.807) is 0 Å². The molecule has 3 aliphatic heterocycles. The fourth-order valence-corrected chi connectivity index (χ4v) is 4.51. The molecule has 4 rings (SSSR count). The molecule has 5 nitrogen and oxygen atoms in total. The molecular weight excluding hydrogens is 284 g/mol. The second-order valence-electron chi connectivity index (χ2n) is 7.12. The summed E-state index contributed by atoms with van der Waals surface area (Å²) in [7, 11) is 0. The fraction of sp³-hybridized carbons (Fsp3) is 0.941. The zero-order valence-corrected chi connectivity index (χ0v) is 13.2. The lowest BCUT2D eigenvalue weighted by atomic mass is 9.89. The van der Waals surface area contributed by atoms with Crippen LogP contribution < -0.4 is 0 Å². The number of hydrogen-bond donors (Lipinski definition) is 0. The number of hydrogen-bond acceptors (Lipinski definition) is 5. The van der Waals surface area contributed by atoms with Crippen molar-refractivity contribution in [2.75, 3.05) is 0 Å². The molecule has 5 heteroatoms. The number of carbonyl (C=O) groups excluding carboxylic acids is 1. The van der Waals surface area contributed by atoms with Crippen LogP contribution in [-0.4, -0.2) is 48.7 Å². The molecule has 1 saturated carbocycles. The standard InChI is InChI=1S/C17H26O5/c1-2-11-6-7-12-14(19-11)16-15(13(10-18)20-12)21-17(22-16)8-4-3-5-9-17/h10-16H,2-9H2,1H3/t11-,12-,13-,14-,15?,16-/m0/s1. The van der Waals surface area contributed by atoms with Gasteiger partial charge in [0.25, 0.3) is 0 Å². The minimum Gasteiger partial charge on any atom is -0.369 e. The van der Waals surface area contributed by atoms with Crippen LogP contribution in [0.1, 0.15) is 58.3 Å². The first-order chi connectivity index (χ1) is 10.7. The number of carbonyl (C=O) groups is 1. The van der Waals surface area contributed by atoms with Crippen molar-refractivity contribution in [3.63, 3.8) is 0 Å². The molecular formula is C17H26O5. The molecule has 0 radical (unpaired) electrons. The van der Waals surface area contributed by atoms with Gasteiger partial charge in [-0.1, -0.05) is 13.3 Å². The maximum absolute atomic E-state index is 11.5. The molecule has 0 N–H and O–H groups in total. The van der Waals surface area contributed by atoms with Crippen LogP contribution in [0, 0.1) is 0 Å². The van der Waals surface area contributed by atoms with Crippen LogP contribution in [0.5, 0.6) is 0 Å². The van der Waals surface area contributed by atoms with E-state index in [0.717, 1.165) is 51.2 Å². The van der Waals surface area contributed by atoms with Gasteiger partial charge < -0.3 is 23.7 Å². The van der Waals surface area contributed by atoms with Gasteiger partial charge in [0.2, 0.25) is 0 Å². The smallest absolute Gasteiger partial charge is 0.169 e. The van der Waals surface area contributed by atoms with Gasteiger partial charge in [0.1, 0.15) is 24.4 Å². The lowest BCUT2D eigenvalue weighted by Crippen LogP contribution is -2.60. The Labute approximate surface area is 131 Å². The third kappa shape index (κ3) is 2.42. The van der Waals surface area contributed by atoms with Crippen molar-refractivity contribution in [1.82, 2.24) is 0 Å². The maximum atomic E-state index is 11.5. The van der Waals surface area contributed by atoms with Crippen molar-refractivity contribution in [3.05, 3.63) is 0 Å².